The minimum atomic E-state index is -0.299. The first-order valence-corrected chi connectivity index (χ1v) is 7.45. The Labute approximate surface area is 124 Å². The Morgan fingerprint density at radius 3 is 3.05 bits per heavy atom. The van der Waals surface area contributed by atoms with E-state index >= 15 is 0 Å². The van der Waals surface area contributed by atoms with Gasteiger partial charge in [-0.1, -0.05) is 12.1 Å². The van der Waals surface area contributed by atoms with Crippen LogP contribution in [0.1, 0.15) is 31.7 Å². The molecule has 0 radical (unpaired) electrons. The van der Waals surface area contributed by atoms with Crippen LogP contribution in [0.2, 0.25) is 0 Å². The molecule has 1 aliphatic rings. The monoisotopic (exact) mass is 339 g/mol. The average Bonchev–Trinajstić information content (AvgIpc) is 2.88. The summed E-state index contributed by atoms with van der Waals surface area (Å²) in [6.45, 7) is 3.19. The van der Waals surface area contributed by atoms with Crippen molar-refractivity contribution < 1.29 is 8.91 Å². The van der Waals surface area contributed by atoms with Crippen LogP contribution in [0, 0.1) is 11.7 Å². The van der Waals surface area contributed by atoms with Crippen molar-refractivity contribution in [3.8, 4) is 11.4 Å². The zero-order valence-corrected chi connectivity index (χ0v) is 12.7. The van der Waals surface area contributed by atoms with Gasteiger partial charge in [-0.3, -0.25) is 0 Å². The van der Waals surface area contributed by atoms with Crippen LogP contribution in [0.4, 0.5) is 4.39 Å². The van der Waals surface area contributed by atoms with Gasteiger partial charge in [0.25, 0.3) is 0 Å². The highest BCUT2D eigenvalue weighted by atomic mass is 79.9. The Hall–Kier alpha value is -1.27. The number of hydrogen-bond donors (Lipinski definition) is 1. The predicted molar refractivity (Wildman–Crippen MR) is 76.5 cm³/mol. The molecular weight excluding hydrogens is 325 g/mol. The van der Waals surface area contributed by atoms with Crippen molar-refractivity contribution in [2.45, 2.75) is 25.8 Å². The molecule has 2 unspecified atom stereocenters. The van der Waals surface area contributed by atoms with Gasteiger partial charge in [0, 0.05) is 10.0 Å². The van der Waals surface area contributed by atoms with Gasteiger partial charge in [-0.05, 0) is 59.4 Å². The molecule has 2 heterocycles. The Morgan fingerprint density at radius 2 is 2.30 bits per heavy atom. The first kappa shape index (κ1) is 13.7. The van der Waals surface area contributed by atoms with E-state index in [4.69, 9.17) is 4.52 Å². The van der Waals surface area contributed by atoms with Gasteiger partial charge in [-0.2, -0.15) is 4.98 Å². The fourth-order valence-corrected chi connectivity index (χ4v) is 2.98. The average molecular weight is 340 g/mol. The van der Waals surface area contributed by atoms with Crippen molar-refractivity contribution in [1.29, 1.82) is 0 Å². The summed E-state index contributed by atoms with van der Waals surface area (Å²) in [5.74, 6) is 1.43. The third-order valence-corrected chi connectivity index (χ3v) is 4.23. The molecule has 4 nitrogen and oxygen atoms in total. The molecule has 0 spiro atoms. The SMILES string of the molecule is CC1CCNC(c2nc(-c3ccc(F)cc3Br)no2)C1. The number of nitrogens with zero attached hydrogens (tertiary/aromatic N) is 2. The molecule has 1 aromatic heterocycles. The van der Waals surface area contributed by atoms with Gasteiger partial charge in [-0.15, -0.1) is 0 Å². The molecular formula is C14H15BrFN3O. The van der Waals surface area contributed by atoms with Gasteiger partial charge in [-0.25, -0.2) is 4.39 Å². The second-order valence-electron chi connectivity index (χ2n) is 5.22. The maximum Gasteiger partial charge on any atom is 0.244 e. The van der Waals surface area contributed by atoms with Crippen LogP contribution in [0.5, 0.6) is 0 Å². The third-order valence-electron chi connectivity index (χ3n) is 3.58. The molecule has 0 amide bonds. The summed E-state index contributed by atoms with van der Waals surface area (Å²) < 4.78 is 19.1. The number of aromatic nitrogens is 2. The van der Waals surface area contributed by atoms with Gasteiger partial charge >= 0.3 is 0 Å². The van der Waals surface area contributed by atoms with Crippen LogP contribution in [-0.2, 0) is 0 Å². The van der Waals surface area contributed by atoms with E-state index in [0.29, 0.717) is 22.1 Å². The van der Waals surface area contributed by atoms with E-state index in [-0.39, 0.29) is 11.9 Å². The maximum atomic E-state index is 13.1. The Bertz CT molecular complexity index is 616. The molecule has 2 aromatic rings. The first-order valence-electron chi connectivity index (χ1n) is 6.66. The summed E-state index contributed by atoms with van der Waals surface area (Å²) >= 11 is 3.32. The Kier molecular flexibility index (Phi) is 3.85. The quantitative estimate of drug-likeness (QED) is 0.906. The molecule has 1 saturated heterocycles. The van der Waals surface area contributed by atoms with Crippen LogP contribution in [0.25, 0.3) is 11.4 Å². The van der Waals surface area contributed by atoms with Crippen molar-refractivity contribution in [3.05, 3.63) is 34.4 Å². The predicted octanol–water partition coefficient (Wildman–Crippen LogP) is 3.70. The highest BCUT2D eigenvalue weighted by Gasteiger charge is 2.25. The summed E-state index contributed by atoms with van der Waals surface area (Å²) in [5.41, 5.74) is 0.727. The number of rotatable bonds is 2. The van der Waals surface area contributed by atoms with E-state index in [1.165, 1.54) is 18.6 Å². The van der Waals surface area contributed by atoms with Gasteiger partial charge < -0.3 is 9.84 Å². The molecule has 1 aromatic carbocycles. The van der Waals surface area contributed by atoms with E-state index < -0.39 is 0 Å². The van der Waals surface area contributed by atoms with Crippen LogP contribution >= 0.6 is 15.9 Å². The highest BCUT2D eigenvalue weighted by molar-refractivity contribution is 9.10. The van der Waals surface area contributed by atoms with Crippen molar-refractivity contribution in [2.24, 2.45) is 5.92 Å². The largest absolute Gasteiger partial charge is 0.337 e. The third kappa shape index (κ3) is 2.76. The van der Waals surface area contributed by atoms with Crippen LogP contribution in [-0.4, -0.2) is 16.7 Å². The highest BCUT2D eigenvalue weighted by Crippen LogP contribution is 2.30. The normalized spacial score (nSPS) is 22.9. The summed E-state index contributed by atoms with van der Waals surface area (Å²) in [6.07, 6.45) is 2.16. The molecule has 1 N–H and O–H groups in total. The lowest BCUT2D eigenvalue weighted by molar-refractivity contribution is 0.260. The summed E-state index contributed by atoms with van der Waals surface area (Å²) in [7, 11) is 0. The van der Waals surface area contributed by atoms with Crippen molar-refractivity contribution in [1.82, 2.24) is 15.5 Å². The topological polar surface area (TPSA) is 51.0 Å². The smallest absolute Gasteiger partial charge is 0.244 e. The zero-order valence-electron chi connectivity index (χ0n) is 11.1. The van der Waals surface area contributed by atoms with E-state index in [2.05, 4.69) is 38.3 Å². The minimum Gasteiger partial charge on any atom is -0.337 e. The number of nitrogens with one attached hydrogen (secondary N) is 1. The maximum absolute atomic E-state index is 13.1. The van der Waals surface area contributed by atoms with Gasteiger partial charge in [0.05, 0.1) is 6.04 Å². The summed E-state index contributed by atoms with van der Waals surface area (Å²) in [4.78, 5) is 4.44. The lowest BCUT2D eigenvalue weighted by Gasteiger charge is -2.25. The lowest BCUT2D eigenvalue weighted by Crippen LogP contribution is -2.30. The minimum absolute atomic E-state index is 0.110. The molecule has 3 rings (SSSR count). The number of hydrogen-bond acceptors (Lipinski definition) is 4. The molecule has 0 bridgehead atoms. The molecule has 2 atom stereocenters. The second kappa shape index (κ2) is 5.61. The molecule has 106 valence electrons. The first-order chi connectivity index (χ1) is 9.63. The molecule has 0 aliphatic carbocycles. The molecule has 20 heavy (non-hydrogen) atoms. The molecule has 1 aliphatic heterocycles. The fraction of sp³-hybridized carbons (Fsp3) is 0.429. The summed E-state index contributed by atoms with van der Waals surface area (Å²) in [5, 5.41) is 7.38. The van der Waals surface area contributed by atoms with Crippen molar-refractivity contribution in [3.63, 3.8) is 0 Å². The standard InChI is InChI=1S/C14H15BrFN3O/c1-8-4-5-17-12(6-8)14-18-13(19-20-14)10-3-2-9(16)7-11(10)15/h2-3,7-8,12,17H,4-6H2,1H3. The second-order valence-corrected chi connectivity index (χ2v) is 6.07. The number of halogens is 2. The lowest BCUT2D eigenvalue weighted by atomic mass is 9.94. The Morgan fingerprint density at radius 1 is 1.45 bits per heavy atom. The number of piperidine rings is 1. The molecule has 6 heteroatoms. The van der Waals surface area contributed by atoms with E-state index in [9.17, 15) is 4.39 Å². The van der Waals surface area contributed by atoms with E-state index in [1.807, 2.05) is 0 Å². The van der Waals surface area contributed by atoms with Crippen LogP contribution < -0.4 is 5.32 Å². The van der Waals surface area contributed by atoms with Crippen LogP contribution in [0.3, 0.4) is 0 Å². The Balaban J connectivity index is 1.86. The van der Waals surface area contributed by atoms with Crippen LogP contribution in [0.15, 0.2) is 27.2 Å². The fourth-order valence-electron chi connectivity index (χ4n) is 2.45. The van der Waals surface area contributed by atoms with Gasteiger partial charge in [0.2, 0.25) is 11.7 Å². The van der Waals surface area contributed by atoms with Crippen molar-refractivity contribution >= 4 is 15.9 Å². The number of benzene rings is 1. The molecule has 0 saturated carbocycles. The van der Waals surface area contributed by atoms with E-state index in [0.717, 1.165) is 18.5 Å². The van der Waals surface area contributed by atoms with E-state index in [1.54, 1.807) is 6.07 Å². The summed E-state index contributed by atoms with van der Waals surface area (Å²) in [6, 6.07) is 4.54. The van der Waals surface area contributed by atoms with Gasteiger partial charge in [0.15, 0.2) is 0 Å². The van der Waals surface area contributed by atoms with Crippen molar-refractivity contribution in [2.75, 3.05) is 6.54 Å². The zero-order chi connectivity index (χ0) is 14.1. The molecule has 1 fully saturated rings. The van der Waals surface area contributed by atoms with Gasteiger partial charge in [0.1, 0.15) is 5.82 Å².